The van der Waals surface area contributed by atoms with Gasteiger partial charge in [0.25, 0.3) is 0 Å². The molecule has 1 heterocycles. The molecule has 0 spiro atoms. The summed E-state index contributed by atoms with van der Waals surface area (Å²) in [6, 6.07) is 6.91. The van der Waals surface area contributed by atoms with Crippen LogP contribution >= 0.6 is 0 Å². The van der Waals surface area contributed by atoms with Crippen LogP contribution < -0.4 is 5.46 Å². The van der Waals surface area contributed by atoms with Gasteiger partial charge < -0.3 is 9.31 Å². The zero-order chi connectivity index (χ0) is 16.0. The van der Waals surface area contributed by atoms with Crippen LogP contribution in [-0.2, 0) is 20.1 Å². The monoisotopic (exact) mass is 298 g/mol. The quantitative estimate of drug-likeness (QED) is 0.736. The first-order valence-electron chi connectivity index (χ1n) is 8.57. The molecular weight excluding hydrogens is 271 g/mol. The molecule has 1 aromatic rings. The predicted molar refractivity (Wildman–Crippen MR) is 90.7 cm³/mol. The molecule has 1 aliphatic heterocycles. The maximum atomic E-state index is 6.23. The highest BCUT2D eigenvalue weighted by molar-refractivity contribution is 6.62. The zero-order valence-corrected chi connectivity index (χ0v) is 14.7. The average Bonchev–Trinajstić information content (AvgIpc) is 2.93. The lowest BCUT2D eigenvalue weighted by molar-refractivity contribution is 0.00578. The number of hydrogen-bond donors (Lipinski definition) is 0. The summed E-state index contributed by atoms with van der Waals surface area (Å²) < 4.78 is 12.5. The number of rotatable bonds is 1. The fourth-order valence-electron chi connectivity index (χ4n) is 4.76. The van der Waals surface area contributed by atoms with Gasteiger partial charge in [0.2, 0.25) is 0 Å². The Hall–Kier alpha value is -0.795. The van der Waals surface area contributed by atoms with Crippen LogP contribution in [0.4, 0.5) is 0 Å². The molecule has 2 nitrogen and oxygen atoms in total. The summed E-state index contributed by atoms with van der Waals surface area (Å²) in [5.41, 5.74) is 4.46. The van der Waals surface area contributed by atoms with Gasteiger partial charge in [0.05, 0.1) is 11.2 Å². The van der Waals surface area contributed by atoms with Gasteiger partial charge >= 0.3 is 7.12 Å². The van der Waals surface area contributed by atoms with Crippen molar-refractivity contribution in [3.05, 3.63) is 29.3 Å². The van der Waals surface area contributed by atoms with Crippen molar-refractivity contribution in [1.29, 1.82) is 0 Å². The van der Waals surface area contributed by atoms with Crippen molar-refractivity contribution < 1.29 is 9.31 Å². The van der Waals surface area contributed by atoms with E-state index in [2.05, 4.69) is 59.7 Å². The van der Waals surface area contributed by atoms with E-state index in [0.717, 1.165) is 0 Å². The second-order valence-corrected chi connectivity index (χ2v) is 9.19. The van der Waals surface area contributed by atoms with Crippen molar-refractivity contribution in [2.24, 2.45) is 0 Å². The maximum absolute atomic E-state index is 6.23. The molecule has 0 N–H and O–H groups in total. The number of benzene rings is 1. The van der Waals surface area contributed by atoms with E-state index in [1.165, 1.54) is 30.3 Å². The summed E-state index contributed by atoms with van der Waals surface area (Å²) in [5.74, 6) is 0. The molecule has 1 saturated heterocycles. The van der Waals surface area contributed by atoms with Crippen molar-refractivity contribution >= 4 is 12.6 Å². The van der Waals surface area contributed by atoms with Gasteiger partial charge in [-0.25, -0.2) is 0 Å². The first-order chi connectivity index (χ1) is 10.1. The third-order valence-electron chi connectivity index (χ3n) is 6.88. The highest BCUT2D eigenvalue weighted by Crippen LogP contribution is 2.60. The van der Waals surface area contributed by atoms with Crippen molar-refractivity contribution in [1.82, 2.24) is 0 Å². The SMILES string of the molecule is CC12CCC(C)(C1)c1cc(B3OC(C)(C)C(C)(C)O3)ccc12. The Morgan fingerprint density at radius 1 is 0.818 bits per heavy atom. The molecule has 3 aliphatic rings. The Morgan fingerprint density at radius 2 is 1.36 bits per heavy atom. The topological polar surface area (TPSA) is 18.5 Å². The van der Waals surface area contributed by atoms with Gasteiger partial charge in [0, 0.05) is 0 Å². The molecule has 1 saturated carbocycles. The van der Waals surface area contributed by atoms with Gasteiger partial charge in [-0.15, -0.1) is 0 Å². The zero-order valence-electron chi connectivity index (χ0n) is 14.7. The van der Waals surface area contributed by atoms with E-state index < -0.39 is 0 Å². The van der Waals surface area contributed by atoms with Crippen molar-refractivity contribution in [2.45, 2.75) is 82.8 Å². The average molecular weight is 298 g/mol. The molecule has 0 amide bonds. The van der Waals surface area contributed by atoms with Gasteiger partial charge in [-0.05, 0) is 74.4 Å². The molecule has 1 aromatic carbocycles. The van der Waals surface area contributed by atoms with Crippen LogP contribution in [0.25, 0.3) is 0 Å². The Labute approximate surface area is 134 Å². The number of fused-ring (bicyclic) bond motifs is 5. The maximum Gasteiger partial charge on any atom is 0.494 e. The van der Waals surface area contributed by atoms with Crippen LogP contribution in [0.2, 0.25) is 0 Å². The third kappa shape index (κ3) is 1.76. The van der Waals surface area contributed by atoms with Gasteiger partial charge in [-0.1, -0.05) is 32.0 Å². The molecule has 3 heteroatoms. The van der Waals surface area contributed by atoms with E-state index in [1.807, 2.05) is 0 Å². The van der Waals surface area contributed by atoms with Gasteiger partial charge in [-0.2, -0.15) is 0 Å². The van der Waals surface area contributed by atoms with Crippen LogP contribution in [0, 0.1) is 0 Å². The van der Waals surface area contributed by atoms with E-state index >= 15 is 0 Å². The fraction of sp³-hybridized carbons (Fsp3) is 0.684. The Morgan fingerprint density at radius 3 is 1.95 bits per heavy atom. The minimum absolute atomic E-state index is 0.245. The fourth-order valence-corrected chi connectivity index (χ4v) is 4.76. The molecule has 2 bridgehead atoms. The lowest BCUT2D eigenvalue weighted by Crippen LogP contribution is -2.41. The molecule has 22 heavy (non-hydrogen) atoms. The summed E-state index contributed by atoms with van der Waals surface area (Å²) in [6.07, 6.45) is 3.93. The molecule has 2 unspecified atom stereocenters. The Bertz CT molecular complexity index is 635. The molecule has 0 aromatic heterocycles. The smallest absolute Gasteiger partial charge is 0.399 e. The summed E-state index contributed by atoms with van der Waals surface area (Å²) in [7, 11) is -0.245. The van der Waals surface area contributed by atoms with E-state index in [-0.39, 0.29) is 18.3 Å². The minimum atomic E-state index is -0.272. The normalized spacial score (nSPS) is 37.6. The van der Waals surface area contributed by atoms with Crippen LogP contribution in [0.5, 0.6) is 0 Å². The van der Waals surface area contributed by atoms with Gasteiger partial charge in [-0.3, -0.25) is 0 Å². The van der Waals surface area contributed by atoms with Crippen LogP contribution in [0.15, 0.2) is 18.2 Å². The molecule has 2 atom stereocenters. The highest BCUT2D eigenvalue weighted by Gasteiger charge is 2.55. The van der Waals surface area contributed by atoms with E-state index in [9.17, 15) is 0 Å². The summed E-state index contributed by atoms with van der Waals surface area (Å²) in [6.45, 7) is 13.3. The first kappa shape index (κ1) is 14.8. The summed E-state index contributed by atoms with van der Waals surface area (Å²) in [4.78, 5) is 0. The Kier molecular flexibility index (Phi) is 2.68. The van der Waals surface area contributed by atoms with Crippen LogP contribution in [-0.4, -0.2) is 18.3 Å². The van der Waals surface area contributed by atoms with E-state index in [1.54, 1.807) is 5.56 Å². The van der Waals surface area contributed by atoms with Crippen molar-refractivity contribution in [2.75, 3.05) is 0 Å². The predicted octanol–water partition coefficient (Wildman–Crippen LogP) is 3.70. The largest absolute Gasteiger partial charge is 0.494 e. The van der Waals surface area contributed by atoms with Gasteiger partial charge in [0.1, 0.15) is 0 Å². The molecule has 4 rings (SSSR count). The molecule has 0 radical (unpaired) electrons. The molecule has 2 fully saturated rings. The lowest BCUT2D eigenvalue weighted by Gasteiger charge is -2.32. The standard InChI is InChI=1S/C19H27BO2/c1-16(2)17(3,4)22-20(21-16)13-7-8-14-15(11-13)19(6)10-9-18(14,5)12-19/h7-8,11H,9-10,12H2,1-6H3. The highest BCUT2D eigenvalue weighted by atomic mass is 16.7. The van der Waals surface area contributed by atoms with Gasteiger partial charge in [0.15, 0.2) is 0 Å². The lowest BCUT2D eigenvalue weighted by atomic mass is 9.72. The second kappa shape index (κ2) is 3.99. The van der Waals surface area contributed by atoms with E-state index in [4.69, 9.17) is 9.31 Å². The Balaban J connectivity index is 1.73. The molecule has 2 aliphatic carbocycles. The first-order valence-corrected chi connectivity index (χ1v) is 8.57. The summed E-state index contributed by atoms with van der Waals surface area (Å²) in [5, 5.41) is 0. The second-order valence-electron chi connectivity index (χ2n) is 9.19. The van der Waals surface area contributed by atoms with E-state index in [0.29, 0.717) is 10.8 Å². The minimum Gasteiger partial charge on any atom is -0.399 e. The molecule has 118 valence electrons. The molecular formula is C19H27BO2. The van der Waals surface area contributed by atoms with Crippen LogP contribution in [0.3, 0.4) is 0 Å². The third-order valence-corrected chi connectivity index (χ3v) is 6.88. The number of hydrogen-bond acceptors (Lipinski definition) is 2. The van der Waals surface area contributed by atoms with Crippen molar-refractivity contribution in [3.63, 3.8) is 0 Å². The summed E-state index contributed by atoms with van der Waals surface area (Å²) >= 11 is 0. The van der Waals surface area contributed by atoms with Crippen molar-refractivity contribution in [3.8, 4) is 0 Å². The van der Waals surface area contributed by atoms with Crippen LogP contribution in [0.1, 0.15) is 71.9 Å².